The first-order valence-corrected chi connectivity index (χ1v) is 6.82. The Morgan fingerprint density at radius 3 is 2.44 bits per heavy atom. The van der Waals surface area contributed by atoms with Crippen molar-refractivity contribution in [2.75, 3.05) is 5.32 Å². The fourth-order valence-corrected chi connectivity index (χ4v) is 2.82. The van der Waals surface area contributed by atoms with Gasteiger partial charge in [0.15, 0.2) is 0 Å². The van der Waals surface area contributed by atoms with Crippen LogP contribution in [0, 0.1) is 5.82 Å². The molecule has 0 saturated heterocycles. The van der Waals surface area contributed by atoms with Gasteiger partial charge in [-0.15, -0.1) is 0 Å². The zero-order chi connectivity index (χ0) is 13.1. The highest BCUT2D eigenvalue weighted by molar-refractivity contribution is 9.11. The number of benzene rings is 2. The predicted octanol–water partition coefficient (Wildman–Crippen LogP) is 4.67. The number of para-hydroxylation sites is 1. The summed E-state index contributed by atoms with van der Waals surface area (Å²) in [5, 5.41) is 12.8. The average molecular weight is 375 g/mol. The maximum Gasteiger partial charge on any atom is 0.123 e. The molecule has 0 amide bonds. The Labute approximate surface area is 121 Å². The summed E-state index contributed by atoms with van der Waals surface area (Å²) >= 11 is 6.85. The normalized spacial score (nSPS) is 10.4. The molecule has 0 heterocycles. The summed E-state index contributed by atoms with van der Waals surface area (Å²) in [4.78, 5) is 0. The van der Waals surface area contributed by atoms with Crippen molar-refractivity contribution in [2.45, 2.75) is 6.54 Å². The Morgan fingerprint density at radius 2 is 1.78 bits per heavy atom. The van der Waals surface area contributed by atoms with E-state index in [1.165, 1.54) is 18.2 Å². The van der Waals surface area contributed by atoms with E-state index in [9.17, 15) is 9.50 Å². The quantitative estimate of drug-likeness (QED) is 0.818. The summed E-state index contributed by atoms with van der Waals surface area (Å²) in [5.41, 5.74) is 1.37. The molecular weight excluding hydrogens is 365 g/mol. The van der Waals surface area contributed by atoms with Gasteiger partial charge in [0.05, 0.1) is 5.69 Å². The van der Waals surface area contributed by atoms with Gasteiger partial charge in [0.1, 0.15) is 11.6 Å². The third kappa shape index (κ3) is 3.03. The van der Waals surface area contributed by atoms with E-state index in [1.807, 2.05) is 18.2 Å². The van der Waals surface area contributed by atoms with Crippen LogP contribution in [0.2, 0.25) is 0 Å². The van der Waals surface area contributed by atoms with Gasteiger partial charge in [-0.25, -0.2) is 4.39 Å². The second-order valence-corrected chi connectivity index (χ2v) is 5.43. The van der Waals surface area contributed by atoms with Crippen LogP contribution in [0.25, 0.3) is 0 Å². The average Bonchev–Trinajstić information content (AvgIpc) is 2.33. The van der Waals surface area contributed by atoms with Crippen molar-refractivity contribution < 1.29 is 9.50 Å². The number of nitrogens with one attached hydrogen (secondary N) is 1. The van der Waals surface area contributed by atoms with Crippen LogP contribution in [0.5, 0.6) is 5.75 Å². The van der Waals surface area contributed by atoms with E-state index in [0.717, 1.165) is 14.6 Å². The van der Waals surface area contributed by atoms with Gasteiger partial charge in [0, 0.05) is 21.1 Å². The van der Waals surface area contributed by atoms with Crippen molar-refractivity contribution in [3.05, 3.63) is 56.7 Å². The fraction of sp³-hybridized carbons (Fsp3) is 0.0769. The number of anilines is 1. The largest absolute Gasteiger partial charge is 0.508 e. The molecular formula is C13H10Br2FNO. The Hall–Kier alpha value is -1.07. The van der Waals surface area contributed by atoms with Crippen LogP contribution in [0.15, 0.2) is 45.3 Å². The molecule has 0 aromatic heterocycles. The van der Waals surface area contributed by atoms with Gasteiger partial charge in [-0.2, -0.15) is 0 Å². The Balaban J connectivity index is 2.19. The lowest BCUT2D eigenvalue weighted by Gasteiger charge is -2.11. The van der Waals surface area contributed by atoms with E-state index in [0.29, 0.717) is 12.1 Å². The van der Waals surface area contributed by atoms with Gasteiger partial charge < -0.3 is 10.4 Å². The molecule has 2 N–H and O–H groups in total. The van der Waals surface area contributed by atoms with Gasteiger partial charge in [-0.1, -0.05) is 6.07 Å². The zero-order valence-electron chi connectivity index (χ0n) is 9.25. The molecule has 0 aliphatic carbocycles. The molecule has 18 heavy (non-hydrogen) atoms. The van der Waals surface area contributed by atoms with Crippen LogP contribution >= 0.6 is 31.9 Å². The lowest BCUT2D eigenvalue weighted by atomic mass is 10.2. The fourth-order valence-electron chi connectivity index (χ4n) is 1.55. The summed E-state index contributed by atoms with van der Waals surface area (Å²) < 4.78 is 14.9. The maximum absolute atomic E-state index is 13.1. The number of rotatable bonds is 3. The van der Waals surface area contributed by atoms with Crippen molar-refractivity contribution >= 4 is 37.5 Å². The van der Waals surface area contributed by atoms with Crippen LogP contribution in [-0.4, -0.2) is 5.11 Å². The number of hydrogen-bond donors (Lipinski definition) is 2. The van der Waals surface area contributed by atoms with E-state index in [1.54, 1.807) is 0 Å². The minimum absolute atomic E-state index is 0.0760. The molecule has 0 spiro atoms. The molecule has 2 aromatic carbocycles. The van der Waals surface area contributed by atoms with E-state index >= 15 is 0 Å². The van der Waals surface area contributed by atoms with Crippen LogP contribution in [0.4, 0.5) is 10.1 Å². The number of hydrogen-bond acceptors (Lipinski definition) is 2. The van der Waals surface area contributed by atoms with E-state index in [2.05, 4.69) is 37.2 Å². The smallest absolute Gasteiger partial charge is 0.123 e. The van der Waals surface area contributed by atoms with Crippen molar-refractivity contribution in [1.29, 1.82) is 0 Å². The summed E-state index contributed by atoms with van der Waals surface area (Å²) in [5.74, 6) is -0.289. The molecule has 5 heteroatoms. The highest BCUT2D eigenvalue weighted by Crippen LogP contribution is 2.31. The second-order valence-electron chi connectivity index (χ2n) is 3.72. The van der Waals surface area contributed by atoms with Crippen LogP contribution in [0.3, 0.4) is 0 Å². The Kier molecular flexibility index (Phi) is 4.24. The minimum Gasteiger partial charge on any atom is -0.508 e. The van der Waals surface area contributed by atoms with Crippen LogP contribution in [-0.2, 0) is 6.54 Å². The van der Waals surface area contributed by atoms with Crippen molar-refractivity contribution in [1.82, 2.24) is 0 Å². The van der Waals surface area contributed by atoms with Gasteiger partial charge in [0.25, 0.3) is 0 Å². The van der Waals surface area contributed by atoms with E-state index in [4.69, 9.17) is 0 Å². The third-order valence-electron chi connectivity index (χ3n) is 2.46. The van der Waals surface area contributed by atoms with Crippen molar-refractivity contribution in [2.24, 2.45) is 0 Å². The zero-order valence-corrected chi connectivity index (χ0v) is 12.4. The molecule has 0 saturated carbocycles. The van der Waals surface area contributed by atoms with Gasteiger partial charge >= 0.3 is 0 Å². The summed E-state index contributed by atoms with van der Waals surface area (Å²) in [6, 6.07) is 9.59. The van der Waals surface area contributed by atoms with Gasteiger partial charge in [-0.3, -0.25) is 0 Å². The van der Waals surface area contributed by atoms with Crippen molar-refractivity contribution in [3.63, 3.8) is 0 Å². The molecule has 0 bridgehead atoms. The monoisotopic (exact) mass is 373 g/mol. The first-order chi connectivity index (χ1) is 8.58. The lowest BCUT2D eigenvalue weighted by Crippen LogP contribution is -2.01. The standard InChI is InChI=1S/C13H10Br2FNO/c14-10-2-1-3-11(15)13(10)17-7-8-6-9(16)4-5-12(8)18/h1-6,17-18H,7H2. The first kappa shape index (κ1) is 13.4. The predicted molar refractivity (Wildman–Crippen MR) is 77.2 cm³/mol. The summed E-state index contributed by atoms with van der Waals surface area (Å²) in [6.07, 6.45) is 0. The highest BCUT2D eigenvalue weighted by atomic mass is 79.9. The van der Waals surface area contributed by atoms with Crippen molar-refractivity contribution in [3.8, 4) is 5.75 Å². The maximum atomic E-state index is 13.1. The summed E-state index contributed by atoms with van der Waals surface area (Å²) in [7, 11) is 0. The molecule has 2 aromatic rings. The number of phenols is 1. The van der Waals surface area contributed by atoms with E-state index < -0.39 is 0 Å². The molecule has 0 unspecified atom stereocenters. The van der Waals surface area contributed by atoms with Gasteiger partial charge in [-0.05, 0) is 62.2 Å². The molecule has 0 aliphatic heterocycles. The molecule has 0 fully saturated rings. The molecule has 0 atom stereocenters. The first-order valence-electron chi connectivity index (χ1n) is 5.23. The lowest BCUT2D eigenvalue weighted by molar-refractivity contribution is 0.466. The van der Waals surface area contributed by atoms with Crippen LogP contribution in [0.1, 0.15) is 5.56 Å². The number of phenolic OH excluding ortho intramolecular Hbond substituents is 1. The van der Waals surface area contributed by atoms with Crippen LogP contribution < -0.4 is 5.32 Å². The Bertz CT molecular complexity index is 555. The molecule has 2 rings (SSSR count). The topological polar surface area (TPSA) is 32.3 Å². The third-order valence-corrected chi connectivity index (χ3v) is 3.78. The molecule has 0 radical (unpaired) electrons. The SMILES string of the molecule is Oc1ccc(F)cc1CNc1c(Br)cccc1Br. The summed E-state index contributed by atoms with van der Waals surface area (Å²) in [6.45, 7) is 0.338. The Morgan fingerprint density at radius 1 is 1.11 bits per heavy atom. The second kappa shape index (κ2) is 5.71. The highest BCUT2D eigenvalue weighted by Gasteiger charge is 2.07. The molecule has 0 aliphatic rings. The number of halogens is 3. The van der Waals surface area contributed by atoms with Gasteiger partial charge in [0.2, 0.25) is 0 Å². The number of aromatic hydroxyl groups is 1. The van der Waals surface area contributed by atoms with E-state index in [-0.39, 0.29) is 11.6 Å². The minimum atomic E-state index is -0.365. The molecule has 94 valence electrons. The molecule has 2 nitrogen and oxygen atoms in total.